The van der Waals surface area contributed by atoms with Crippen LogP contribution in [-0.4, -0.2) is 116 Å². The van der Waals surface area contributed by atoms with Gasteiger partial charge in [-0.3, -0.25) is 38.4 Å². The number of ether oxygens (including phenoxy) is 2. The highest BCUT2D eigenvalue weighted by molar-refractivity contribution is 7.99. The number of carboxylic acid groups (broad SMARTS) is 4. The molecule has 0 radical (unpaired) electrons. The Bertz CT molecular complexity index is 1590. The maximum atomic E-state index is 13.6. The highest BCUT2D eigenvalue weighted by atomic mass is 32.2. The average Bonchev–Trinajstić information content (AvgIpc) is 3.33. The molecule has 0 saturated carbocycles. The minimum absolute atomic E-state index is 0.0961. The van der Waals surface area contributed by atoms with Crippen molar-refractivity contribution in [2.75, 3.05) is 18.1 Å². The number of unbranched alkanes of at least 4 members (excludes halogenated alkanes) is 24. The SMILES string of the molecule is CCCCCCCCCCCCCCCC(=O)OC[C@H](CSCCC(=O)N[C@](N)(CCC(=O)O)C(=O)NC(CCC(=O)O)C(=O)N[C@H](CCC(=O)O)C(=O)O)OC(=O)CCCCCCCCCCCCCCC. The Morgan fingerprint density at radius 2 is 0.918 bits per heavy atom. The van der Waals surface area contributed by atoms with Crippen LogP contribution in [0.1, 0.15) is 239 Å². The van der Waals surface area contributed by atoms with Gasteiger partial charge in [0.25, 0.3) is 5.91 Å². The van der Waals surface area contributed by atoms with Gasteiger partial charge in [0.1, 0.15) is 24.8 Å². The highest BCUT2D eigenvalue weighted by Crippen LogP contribution is 2.18. The van der Waals surface area contributed by atoms with Gasteiger partial charge in [-0.25, -0.2) is 4.79 Å². The Hall–Kier alpha value is -4.46. The summed E-state index contributed by atoms with van der Waals surface area (Å²) in [6.45, 7) is 4.27. The summed E-state index contributed by atoms with van der Waals surface area (Å²) >= 11 is 1.20. The molecular weight excluding hydrogens is 965 g/mol. The van der Waals surface area contributed by atoms with Crippen LogP contribution in [-0.2, 0) is 52.6 Å². The topological polar surface area (TPSA) is 315 Å². The number of nitrogens with one attached hydrogen (secondary N) is 3. The zero-order valence-corrected chi connectivity index (χ0v) is 45.2. The number of amides is 3. The Labute approximate surface area is 439 Å². The quantitative estimate of drug-likeness (QED) is 0.0160. The lowest BCUT2D eigenvalue weighted by molar-refractivity contribution is -0.157. The smallest absolute Gasteiger partial charge is 0.326 e. The summed E-state index contributed by atoms with van der Waals surface area (Å²) in [4.78, 5) is 111. The second-order valence-corrected chi connectivity index (χ2v) is 20.5. The molecule has 0 aliphatic rings. The van der Waals surface area contributed by atoms with E-state index in [1.807, 2.05) is 0 Å². The lowest BCUT2D eigenvalue weighted by Crippen LogP contribution is -2.67. The molecule has 0 bridgehead atoms. The minimum Gasteiger partial charge on any atom is -0.481 e. The molecule has 4 atom stereocenters. The van der Waals surface area contributed by atoms with Crippen LogP contribution < -0.4 is 21.7 Å². The second-order valence-electron chi connectivity index (χ2n) is 19.3. The molecule has 9 N–H and O–H groups in total. The van der Waals surface area contributed by atoms with E-state index in [9.17, 15) is 58.5 Å². The van der Waals surface area contributed by atoms with Gasteiger partial charge < -0.3 is 51.6 Å². The van der Waals surface area contributed by atoms with Gasteiger partial charge in [0.15, 0.2) is 5.66 Å². The van der Waals surface area contributed by atoms with Crippen molar-refractivity contribution in [1.82, 2.24) is 16.0 Å². The third-order valence-electron chi connectivity index (χ3n) is 12.5. The van der Waals surface area contributed by atoms with Crippen molar-refractivity contribution in [3.05, 3.63) is 0 Å². The monoisotopic (exact) mass is 1060 g/mol. The molecular formula is C53H94N4O15S. The number of aliphatic carboxylic acids is 4. The van der Waals surface area contributed by atoms with Gasteiger partial charge in [0.2, 0.25) is 11.8 Å². The van der Waals surface area contributed by atoms with E-state index in [1.54, 1.807) is 0 Å². The molecule has 0 heterocycles. The zero-order chi connectivity index (χ0) is 54.5. The van der Waals surface area contributed by atoms with Crippen LogP contribution in [0.5, 0.6) is 0 Å². The van der Waals surface area contributed by atoms with E-state index in [0.29, 0.717) is 12.8 Å². The fourth-order valence-corrected chi connectivity index (χ4v) is 8.97. The van der Waals surface area contributed by atoms with Crippen LogP contribution in [0.2, 0.25) is 0 Å². The third-order valence-corrected chi connectivity index (χ3v) is 13.6. The molecule has 0 rings (SSSR count). The molecule has 3 amide bonds. The standard InChI is InChI=1S/C53H94N4O15S/c1-3-5-7-9-11-13-15-17-19-21-23-25-27-29-48(65)71-39-41(72-49(66)30-28-26-24-22-20-18-16-14-12-10-8-6-4-2)40-73-38-36-44(58)57-53(54,37-35-47(63)64)52(70)56-42(31-33-45(59)60)50(67)55-43(51(68)69)32-34-46(61)62/h41-43H,3-40,54H2,1-2H3,(H,55,67)(H,56,70)(H,57,58)(H,59,60)(H,61,62)(H,63,64)(H,68,69)/t41-,42?,43-,53-/m1/s1. The van der Waals surface area contributed by atoms with Gasteiger partial charge >= 0.3 is 35.8 Å². The summed E-state index contributed by atoms with van der Waals surface area (Å²) in [6.07, 6.45) is 25.9. The summed E-state index contributed by atoms with van der Waals surface area (Å²) in [7, 11) is 0. The first-order valence-corrected chi connectivity index (χ1v) is 28.6. The van der Waals surface area contributed by atoms with Gasteiger partial charge in [-0.05, 0) is 25.7 Å². The Morgan fingerprint density at radius 3 is 1.34 bits per heavy atom. The molecule has 0 aromatic rings. The first-order chi connectivity index (χ1) is 34.9. The fourth-order valence-electron chi connectivity index (χ4n) is 8.04. The molecule has 0 spiro atoms. The van der Waals surface area contributed by atoms with Gasteiger partial charge in [0, 0.05) is 56.5 Å². The maximum absolute atomic E-state index is 13.6. The zero-order valence-electron chi connectivity index (χ0n) is 44.4. The van der Waals surface area contributed by atoms with Crippen LogP contribution in [0, 0.1) is 0 Å². The fraction of sp³-hybridized carbons (Fsp3) is 0.830. The third kappa shape index (κ3) is 40.6. The van der Waals surface area contributed by atoms with E-state index in [1.165, 1.54) is 127 Å². The number of rotatable bonds is 51. The van der Waals surface area contributed by atoms with E-state index < -0.39 is 116 Å². The van der Waals surface area contributed by atoms with Crippen LogP contribution >= 0.6 is 11.8 Å². The number of carbonyl (C=O) groups is 9. The number of esters is 2. The van der Waals surface area contributed by atoms with Crippen molar-refractivity contribution in [2.24, 2.45) is 5.73 Å². The van der Waals surface area contributed by atoms with Crippen LogP contribution in [0.4, 0.5) is 0 Å². The summed E-state index contributed by atoms with van der Waals surface area (Å²) in [5.74, 6) is -9.51. The van der Waals surface area contributed by atoms with Crippen LogP contribution in [0.15, 0.2) is 0 Å². The molecule has 0 aliphatic heterocycles. The predicted molar refractivity (Wildman–Crippen MR) is 281 cm³/mol. The molecule has 20 heteroatoms. The molecule has 0 aromatic carbocycles. The molecule has 0 aliphatic carbocycles. The number of carboxylic acids is 4. The van der Waals surface area contributed by atoms with Gasteiger partial charge in [-0.15, -0.1) is 0 Å². The minimum atomic E-state index is -2.44. The molecule has 0 aromatic heterocycles. The normalized spacial score (nSPS) is 13.2. The van der Waals surface area contributed by atoms with Crippen molar-refractivity contribution in [3.8, 4) is 0 Å². The van der Waals surface area contributed by atoms with Crippen molar-refractivity contribution in [3.63, 3.8) is 0 Å². The number of hydrogen-bond donors (Lipinski definition) is 8. The van der Waals surface area contributed by atoms with E-state index in [4.69, 9.17) is 20.3 Å². The molecule has 422 valence electrons. The summed E-state index contributed by atoms with van der Waals surface area (Å²) in [6, 6.07) is -3.45. The van der Waals surface area contributed by atoms with Crippen LogP contribution in [0.25, 0.3) is 0 Å². The number of carbonyl (C=O) groups excluding carboxylic acids is 5. The summed E-state index contributed by atoms with van der Waals surface area (Å²) in [5, 5.41) is 43.7. The number of hydrogen-bond acceptors (Lipinski definition) is 13. The molecule has 0 fully saturated rings. The summed E-state index contributed by atoms with van der Waals surface area (Å²) in [5.41, 5.74) is 3.84. The van der Waals surface area contributed by atoms with Crippen molar-refractivity contribution in [2.45, 2.75) is 262 Å². The predicted octanol–water partition coefficient (Wildman–Crippen LogP) is 8.95. The number of thioether (sulfide) groups is 1. The van der Waals surface area contributed by atoms with Crippen molar-refractivity contribution < 1.29 is 73.1 Å². The lowest BCUT2D eigenvalue weighted by Gasteiger charge is -2.31. The first kappa shape index (κ1) is 68.5. The van der Waals surface area contributed by atoms with Crippen molar-refractivity contribution >= 4 is 65.3 Å². The van der Waals surface area contributed by atoms with Crippen molar-refractivity contribution in [1.29, 1.82) is 0 Å². The highest BCUT2D eigenvalue weighted by Gasteiger charge is 2.39. The largest absolute Gasteiger partial charge is 0.481 e. The molecule has 1 unspecified atom stereocenters. The van der Waals surface area contributed by atoms with E-state index in [0.717, 1.165) is 38.5 Å². The first-order valence-electron chi connectivity index (χ1n) is 27.5. The van der Waals surface area contributed by atoms with E-state index >= 15 is 0 Å². The van der Waals surface area contributed by atoms with E-state index in [-0.39, 0.29) is 37.4 Å². The second kappa shape index (κ2) is 45.0. The average molecular weight is 1060 g/mol. The van der Waals surface area contributed by atoms with Gasteiger partial charge in [-0.1, -0.05) is 168 Å². The lowest BCUT2D eigenvalue weighted by atomic mass is 10.0. The van der Waals surface area contributed by atoms with E-state index in [2.05, 4.69) is 29.8 Å². The molecule has 73 heavy (non-hydrogen) atoms. The molecule has 0 saturated heterocycles. The van der Waals surface area contributed by atoms with Crippen LogP contribution in [0.3, 0.4) is 0 Å². The Morgan fingerprint density at radius 1 is 0.507 bits per heavy atom. The van der Waals surface area contributed by atoms with Gasteiger partial charge in [-0.2, -0.15) is 11.8 Å². The Kier molecular flexibility index (Phi) is 42.2. The molecule has 19 nitrogen and oxygen atoms in total. The number of nitrogens with two attached hydrogens (primary N) is 1. The van der Waals surface area contributed by atoms with Gasteiger partial charge in [0.05, 0.1) is 0 Å². The summed E-state index contributed by atoms with van der Waals surface area (Å²) < 4.78 is 11.3. The Balaban J connectivity index is 5.44. The maximum Gasteiger partial charge on any atom is 0.326 e.